The van der Waals surface area contributed by atoms with Crippen molar-refractivity contribution in [1.29, 1.82) is 0 Å². The zero-order valence-electron chi connectivity index (χ0n) is 8.32. The fourth-order valence-corrected chi connectivity index (χ4v) is 1.83. The lowest BCUT2D eigenvalue weighted by Crippen LogP contribution is -2.35. The van der Waals surface area contributed by atoms with Crippen molar-refractivity contribution in [3.63, 3.8) is 0 Å². The lowest BCUT2D eigenvalue weighted by Gasteiger charge is -2.16. The number of nitrogens with two attached hydrogens (primary N) is 1. The molecule has 0 aliphatic carbocycles. The maximum Gasteiger partial charge on any atom is 0.312 e. The molecule has 0 radical (unpaired) electrons. The highest BCUT2D eigenvalue weighted by molar-refractivity contribution is 7.91. The molecule has 0 bridgehead atoms. The van der Waals surface area contributed by atoms with E-state index in [-0.39, 0.29) is 5.75 Å². The van der Waals surface area contributed by atoms with E-state index in [1.807, 2.05) is 0 Å². The van der Waals surface area contributed by atoms with Gasteiger partial charge in [-0.3, -0.25) is 0 Å². The first-order valence-electron chi connectivity index (χ1n) is 4.04. The minimum atomic E-state index is -1.09. The van der Waals surface area contributed by atoms with Gasteiger partial charge >= 0.3 is 6.03 Å². The molecule has 84 valence electrons. The molecule has 6 nitrogen and oxygen atoms in total. The highest BCUT2D eigenvalue weighted by Crippen LogP contribution is 1.98. The lowest BCUT2D eigenvalue weighted by molar-refractivity contribution is -0.0851. The minimum absolute atomic E-state index is 0.285. The third-order valence-corrected chi connectivity index (χ3v) is 2.78. The van der Waals surface area contributed by atoms with Crippen LogP contribution in [0.1, 0.15) is 0 Å². The highest BCUT2D eigenvalue weighted by Gasteiger charge is 2.15. The highest BCUT2D eigenvalue weighted by atomic mass is 32.2. The minimum Gasteiger partial charge on any atom is -0.616 e. The average Bonchev–Trinajstić information content (AvgIpc) is 2.13. The molecule has 0 aromatic rings. The van der Waals surface area contributed by atoms with Crippen LogP contribution in [0.25, 0.3) is 0 Å². The van der Waals surface area contributed by atoms with Gasteiger partial charge in [0, 0.05) is 14.2 Å². The summed E-state index contributed by atoms with van der Waals surface area (Å²) in [5.74, 6) is 0.625. The first-order valence-corrected chi connectivity index (χ1v) is 5.52. The molecular formula is C7H16N2O4S. The van der Waals surface area contributed by atoms with E-state index in [9.17, 15) is 9.35 Å². The summed E-state index contributed by atoms with van der Waals surface area (Å²) in [6, 6.07) is -0.614. The van der Waals surface area contributed by atoms with Crippen molar-refractivity contribution >= 4 is 17.2 Å². The number of hydrogen-bond acceptors (Lipinski definition) is 4. The molecule has 0 aromatic carbocycles. The molecule has 0 heterocycles. The molecule has 0 spiro atoms. The van der Waals surface area contributed by atoms with Crippen molar-refractivity contribution < 1.29 is 18.8 Å². The molecule has 0 fully saturated rings. The van der Waals surface area contributed by atoms with Crippen LogP contribution in [-0.2, 0) is 20.6 Å². The standard InChI is InChI=1S/C7H16N2O4S/c1-12-6(13-2)5-14(11)4-3-9-7(8)10/h6H,3-5H2,1-2H3,(H3,8,9,10). The summed E-state index contributed by atoms with van der Waals surface area (Å²) in [7, 11) is 2.96. The van der Waals surface area contributed by atoms with Crippen LogP contribution in [0.4, 0.5) is 4.79 Å². The molecule has 1 atom stereocenters. The second-order valence-electron chi connectivity index (χ2n) is 2.50. The maximum absolute atomic E-state index is 11.3. The molecule has 14 heavy (non-hydrogen) atoms. The molecule has 0 aliphatic heterocycles. The second-order valence-corrected chi connectivity index (χ2v) is 4.12. The van der Waals surface area contributed by atoms with Gasteiger partial charge in [-0.2, -0.15) is 0 Å². The molecule has 0 aromatic heterocycles. The Labute approximate surface area is 86.3 Å². The Morgan fingerprint density at radius 3 is 2.57 bits per heavy atom. The van der Waals surface area contributed by atoms with Crippen LogP contribution in [0.2, 0.25) is 0 Å². The van der Waals surface area contributed by atoms with E-state index in [1.54, 1.807) is 0 Å². The van der Waals surface area contributed by atoms with E-state index >= 15 is 0 Å². The zero-order valence-corrected chi connectivity index (χ0v) is 9.13. The molecular weight excluding hydrogens is 208 g/mol. The molecule has 0 saturated carbocycles. The summed E-state index contributed by atoms with van der Waals surface area (Å²) in [6.07, 6.45) is -0.468. The zero-order chi connectivity index (χ0) is 11.0. The van der Waals surface area contributed by atoms with Crippen LogP contribution < -0.4 is 11.1 Å². The first-order chi connectivity index (χ1) is 6.60. The Balaban J connectivity index is 3.53. The number of carbonyl (C=O) groups is 1. The van der Waals surface area contributed by atoms with Crippen molar-refractivity contribution in [1.82, 2.24) is 5.32 Å². The van der Waals surface area contributed by atoms with Crippen molar-refractivity contribution in [2.45, 2.75) is 6.29 Å². The van der Waals surface area contributed by atoms with E-state index in [0.717, 1.165) is 0 Å². The van der Waals surface area contributed by atoms with Gasteiger partial charge in [0.25, 0.3) is 0 Å². The van der Waals surface area contributed by atoms with Crippen LogP contribution >= 0.6 is 0 Å². The van der Waals surface area contributed by atoms with Crippen molar-refractivity contribution in [3.05, 3.63) is 0 Å². The van der Waals surface area contributed by atoms with E-state index in [4.69, 9.17) is 15.2 Å². The number of nitrogens with one attached hydrogen (secondary N) is 1. The number of urea groups is 1. The maximum atomic E-state index is 11.3. The SMILES string of the molecule is COC(C[S+]([O-])CCNC(N)=O)OC. The molecule has 0 aliphatic rings. The van der Waals surface area contributed by atoms with Gasteiger partial charge < -0.3 is 25.1 Å². The predicted octanol–water partition coefficient (Wildman–Crippen LogP) is -0.978. The Hall–Kier alpha value is -0.500. The van der Waals surface area contributed by atoms with Gasteiger partial charge in [0.05, 0.1) is 6.54 Å². The fourth-order valence-electron chi connectivity index (χ4n) is 0.755. The van der Waals surface area contributed by atoms with Crippen LogP contribution in [0.3, 0.4) is 0 Å². The van der Waals surface area contributed by atoms with Gasteiger partial charge in [-0.25, -0.2) is 4.79 Å². The Bertz CT molecular complexity index is 166. The summed E-state index contributed by atoms with van der Waals surface area (Å²) in [5.41, 5.74) is 4.83. The second kappa shape index (κ2) is 7.86. The monoisotopic (exact) mass is 224 g/mol. The summed E-state index contributed by atoms with van der Waals surface area (Å²) in [4.78, 5) is 10.3. The molecule has 7 heteroatoms. The van der Waals surface area contributed by atoms with Crippen LogP contribution in [0.15, 0.2) is 0 Å². The molecule has 2 amide bonds. The van der Waals surface area contributed by atoms with Crippen LogP contribution in [0, 0.1) is 0 Å². The van der Waals surface area contributed by atoms with Crippen molar-refractivity contribution in [2.75, 3.05) is 32.3 Å². The van der Waals surface area contributed by atoms with Gasteiger partial charge in [0.15, 0.2) is 5.75 Å². The number of ether oxygens (including phenoxy) is 2. The normalized spacial score (nSPS) is 12.9. The van der Waals surface area contributed by atoms with Gasteiger partial charge in [-0.15, -0.1) is 0 Å². The molecule has 0 rings (SSSR count). The number of carbonyl (C=O) groups excluding carboxylic acids is 1. The van der Waals surface area contributed by atoms with Gasteiger partial charge in [0.2, 0.25) is 6.29 Å². The smallest absolute Gasteiger partial charge is 0.312 e. The topological polar surface area (TPSA) is 96.6 Å². The average molecular weight is 224 g/mol. The van der Waals surface area contributed by atoms with E-state index in [2.05, 4.69) is 5.32 Å². The number of primary amides is 1. The van der Waals surface area contributed by atoms with E-state index in [0.29, 0.717) is 12.3 Å². The van der Waals surface area contributed by atoms with Crippen molar-refractivity contribution in [2.24, 2.45) is 5.73 Å². The number of methoxy groups -OCH3 is 2. The van der Waals surface area contributed by atoms with E-state index < -0.39 is 23.5 Å². The van der Waals surface area contributed by atoms with Crippen LogP contribution in [0.5, 0.6) is 0 Å². The van der Waals surface area contributed by atoms with Crippen molar-refractivity contribution in [3.8, 4) is 0 Å². The Morgan fingerprint density at radius 2 is 2.14 bits per heavy atom. The van der Waals surface area contributed by atoms with Gasteiger partial charge in [0.1, 0.15) is 5.75 Å². The molecule has 1 unspecified atom stereocenters. The Kier molecular flexibility index (Phi) is 7.58. The summed E-state index contributed by atoms with van der Waals surface area (Å²) < 4.78 is 21.1. The molecule has 3 N–H and O–H groups in total. The third-order valence-electron chi connectivity index (χ3n) is 1.48. The van der Waals surface area contributed by atoms with Gasteiger partial charge in [-0.05, 0) is 11.2 Å². The van der Waals surface area contributed by atoms with Crippen LogP contribution in [-0.4, -0.2) is 49.1 Å². The lowest BCUT2D eigenvalue weighted by atomic mass is 10.7. The summed E-state index contributed by atoms with van der Waals surface area (Å²) >= 11 is -1.09. The summed E-state index contributed by atoms with van der Waals surface area (Å²) in [5, 5.41) is 2.35. The van der Waals surface area contributed by atoms with Gasteiger partial charge in [-0.1, -0.05) is 0 Å². The quantitative estimate of drug-likeness (QED) is 0.429. The fraction of sp³-hybridized carbons (Fsp3) is 0.857. The Morgan fingerprint density at radius 1 is 1.57 bits per heavy atom. The van der Waals surface area contributed by atoms with E-state index in [1.165, 1.54) is 14.2 Å². The largest absolute Gasteiger partial charge is 0.616 e. The number of amides is 2. The predicted molar refractivity (Wildman–Crippen MR) is 53.3 cm³/mol. The third kappa shape index (κ3) is 6.96. The summed E-state index contributed by atoms with van der Waals surface area (Å²) in [6.45, 7) is 0.294. The first kappa shape index (κ1) is 13.5. The number of hydrogen-bond donors (Lipinski definition) is 2. The molecule has 0 saturated heterocycles. The number of rotatable bonds is 7.